The topological polar surface area (TPSA) is 61.0 Å². The molecule has 0 aromatic carbocycles. The fraction of sp³-hybridized carbons (Fsp3) is 0.692. The van der Waals surface area contributed by atoms with Gasteiger partial charge in [-0.1, -0.05) is 39.0 Å². The van der Waals surface area contributed by atoms with Gasteiger partial charge in [0.25, 0.3) is 0 Å². The van der Waals surface area contributed by atoms with E-state index >= 15 is 0 Å². The van der Waals surface area contributed by atoms with Crippen LogP contribution in [0.25, 0.3) is 0 Å². The summed E-state index contributed by atoms with van der Waals surface area (Å²) < 4.78 is 5.54. The molecule has 0 fully saturated rings. The van der Waals surface area contributed by atoms with Gasteiger partial charge in [0.1, 0.15) is 11.6 Å². The normalized spacial score (nSPS) is 10.5. The van der Waals surface area contributed by atoms with E-state index in [2.05, 4.69) is 16.9 Å². The van der Waals surface area contributed by atoms with Crippen LogP contribution in [0.4, 0.5) is 5.82 Å². The largest absolute Gasteiger partial charge is 0.478 e. The van der Waals surface area contributed by atoms with Crippen molar-refractivity contribution < 1.29 is 4.74 Å². The fourth-order valence-corrected chi connectivity index (χ4v) is 1.70. The van der Waals surface area contributed by atoms with Crippen LogP contribution in [-0.4, -0.2) is 16.6 Å². The Hall–Kier alpha value is -1.32. The summed E-state index contributed by atoms with van der Waals surface area (Å²) in [5, 5.41) is 0. The van der Waals surface area contributed by atoms with Crippen LogP contribution in [0.2, 0.25) is 0 Å². The molecule has 1 heterocycles. The number of hydrogen-bond donors (Lipinski definition) is 1. The van der Waals surface area contributed by atoms with Gasteiger partial charge in [-0.25, -0.2) is 4.98 Å². The molecule has 0 bridgehead atoms. The smallest absolute Gasteiger partial charge is 0.218 e. The molecular weight excluding hydrogens is 214 g/mol. The van der Waals surface area contributed by atoms with Gasteiger partial charge >= 0.3 is 0 Å². The Morgan fingerprint density at radius 1 is 1.12 bits per heavy atom. The maximum absolute atomic E-state index is 5.61. The number of nitrogens with zero attached hydrogens (tertiary/aromatic N) is 2. The molecule has 0 aliphatic rings. The van der Waals surface area contributed by atoms with E-state index in [1.54, 1.807) is 6.07 Å². The maximum Gasteiger partial charge on any atom is 0.218 e. The van der Waals surface area contributed by atoms with E-state index in [0.29, 0.717) is 24.1 Å². The number of hydrogen-bond acceptors (Lipinski definition) is 4. The van der Waals surface area contributed by atoms with Crippen LogP contribution in [0.1, 0.15) is 51.3 Å². The molecule has 2 N–H and O–H groups in total. The lowest BCUT2D eigenvalue weighted by Gasteiger charge is -2.06. The van der Waals surface area contributed by atoms with E-state index in [-0.39, 0.29) is 0 Å². The molecule has 0 atom stereocenters. The molecule has 0 spiro atoms. The molecule has 4 nitrogen and oxygen atoms in total. The standard InChI is InChI=1S/C13H23N3O/c1-3-4-5-6-7-8-9-17-13-10-12(14)15-11(2)16-13/h10H,3-9H2,1-2H3,(H2,14,15,16). The fourth-order valence-electron chi connectivity index (χ4n) is 1.70. The zero-order chi connectivity index (χ0) is 12.5. The summed E-state index contributed by atoms with van der Waals surface area (Å²) in [5.41, 5.74) is 5.61. The van der Waals surface area contributed by atoms with Gasteiger partial charge in [0.15, 0.2) is 0 Å². The second-order valence-corrected chi connectivity index (χ2v) is 4.29. The van der Waals surface area contributed by atoms with Crippen molar-refractivity contribution in [2.24, 2.45) is 0 Å². The highest BCUT2D eigenvalue weighted by Gasteiger charge is 1.99. The average molecular weight is 237 g/mol. The number of ether oxygens (including phenoxy) is 1. The van der Waals surface area contributed by atoms with Crippen molar-refractivity contribution >= 4 is 5.82 Å². The molecule has 1 rings (SSSR count). The summed E-state index contributed by atoms with van der Waals surface area (Å²) in [7, 11) is 0. The van der Waals surface area contributed by atoms with Gasteiger partial charge < -0.3 is 10.5 Å². The molecule has 17 heavy (non-hydrogen) atoms. The third kappa shape index (κ3) is 6.09. The Morgan fingerprint density at radius 3 is 2.53 bits per heavy atom. The third-order valence-corrected chi connectivity index (χ3v) is 2.58. The highest BCUT2D eigenvalue weighted by atomic mass is 16.5. The first-order chi connectivity index (χ1) is 8.22. The lowest BCUT2D eigenvalue weighted by atomic mass is 10.1. The molecule has 1 aromatic heterocycles. The van der Waals surface area contributed by atoms with Crippen molar-refractivity contribution in [2.75, 3.05) is 12.3 Å². The van der Waals surface area contributed by atoms with Gasteiger partial charge in [0.05, 0.1) is 6.61 Å². The summed E-state index contributed by atoms with van der Waals surface area (Å²) in [6, 6.07) is 1.67. The molecule has 0 unspecified atom stereocenters. The zero-order valence-electron chi connectivity index (χ0n) is 10.9. The predicted molar refractivity (Wildman–Crippen MR) is 70.1 cm³/mol. The Morgan fingerprint density at radius 2 is 1.82 bits per heavy atom. The first kappa shape index (κ1) is 13.7. The summed E-state index contributed by atoms with van der Waals surface area (Å²) in [5.74, 6) is 1.71. The van der Waals surface area contributed by atoms with E-state index in [4.69, 9.17) is 10.5 Å². The third-order valence-electron chi connectivity index (χ3n) is 2.58. The summed E-state index contributed by atoms with van der Waals surface area (Å²) in [4.78, 5) is 8.17. The summed E-state index contributed by atoms with van der Waals surface area (Å²) >= 11 is 0. The number of unbranched alkanes of at least 4 members (excludes halogenated alkanes) is 5. The highest BCUT2D eigenvalue weighted by Crippen LogP contribution is 2.11. The van der Waals surface area contributed by atoms with Gasteiger partial charge in [0, 0.05) is 6.07 Å². The number of aromatic nitrogens is 2. The SMILES string of the molecule is CCCCCCCCOc1cc(N)nc(C)n1. The molecule has 96 valence electrons. The van der Waals surface area contributed by atoms with Crippen LogP contribution in [0, 0.1) is 6.92 Å². The lowest BCUT2D eigenvalue weighted by molar-refractivity contribution is 0.292. The minimum atomic E-state index is 0.468. The minimum Gasteiger partial charge on any atom is -0.478 e. The van der Waals surface area contributed by atoms with Gasteiger partial charge in [-0.05, 0) is 13.3 Å². The maximum atomic E-state index is 5.61. The van der Waals surface area contributed by atoms with Crippen LogP contribution in [-0.2, 0) is 0 Å². The second kappa shape index (κ2) is 7.87. The van der Waals surface area contributed by atoms with Crippen molar-refractivity contribution in [1.82, 2.24) is 9.97 Å². The van der Waals surface area contributed by atoms with Crippen LogP contribution in [0.5, 0.6) is 5.88 Å². The first-order valence-corrected chi connectivity index (χ1v) is 6.46. The van der Waals surface area contributed by atoms with Gasteiger partial charge in [0.2, 0.25) is 5.88 Å². The van der Waals surface area contributed by atoms with E-state index < -0.39 is 0 Å². The van der Waals surface area contributed by atoms with E-state index in [9.17, 15) is 0 Å². The number of anilines is 1. The molecule has 1 aromatic rings. The minimum absolute atomic E-state index is 0.468. The Kier molecular flexibility index (Phi) is 6.37. The average Bonchev–Trinajstić information content (AvgIpc) is 2.26. The summed E-state index contributed by atoms with van der Waals surface area (Å²) in [6.45, 7) is 4.75. The van der Waals surface area contributed by atoms with Gasteiger partial charge in [-0.2, -0.15) is 4.98 Å². The lowest BCUT2D eigenvalue weighted by Crippen LogP contribution is -2.03. The molecule has 0 aliphatic heterocycles. The van der Waals surface area contributed by atoms with Crippen molar-refractivity contribution in [1.29, 1.82) is 0 Å². The van der Waals surface area contributed by atoms with E-state index in [1.165, 1.54) is 32.1 Å². The first-order valence-electron chi connectivity index (χ1n) is 6.46. The molecule has 0 saturated heterocycles. The Labute approximate surface area is 104 Å². The molecular formula is C13H23N3O. The van der Waals surface area contributed by atoms with Crippen LogP contribution in [0.3, 0.4) is 0 Å². The number of nitrogens with two attached hydrogens (primary N) is 1. The van der Waals surface area contributed by atoms with Crippen LogP contribution in [0.15, 0.2) is 6.07 Å². The van der Waals surface area contributed by atoms with Crippen LogP contribution < -0.4 is 10.5 Å². The predicted octanol–water partition coefficient (Wildman–Crippen LogP) is 3.11. The van der Waals surface area contributed by atoms with Gasteiger partial charge in [-0.15, -0.1) is 0 Å². The second-order valence-electron chi connectivity index (χ2n) is 4.29. The van der Waals surface area contributed by atoms with Crippen molar-refractivity contribution in [2.45, 2.75) is 52.4 Å². The van der Waals surface area contributed by atoms with Crippen molar-refractivity contribution in [3.05, 3.63) is 11.9 Å². The molecule has 0 radical (unpaired) electrons. The summed E-state index contributed by atoms with van der Waals surface area (Å²) in [6.07, 6.45) is 7.54. The Bertz CT molecular complexity index is 308. The van der Waals surface area contributed by atoms with Crippen molar-refractivity contribution in [3.63, 3.8) is 0 Å². The molecule has 0 aliphatic carbocycles. The Balaban J connectivity index is 2.13. The van der Waals surface area contributed by atoms with Crippen LogP contribution >= 0.6 is 0 Å². The molecule has 0 amide bonds. The van der Waals surface area contributed by atoms with Crippen molar-refractivity contribution in [3.8, 4) is 5.88 Å². The number of aryl methyl sites for hydroxylation is 1. The van der Waals surface area contributed by atoms with Gasteiger partial charge in [-0.3, -0.25) is 0 Å². The monoisotopic (exact) mass is 237 g/mol. The number of rotatable bonds is 8. The molecule has 0 saturated carbocycles. The van der Waals surface area contributed by atoms with E-state index in [0.717, 1.165) is 6.42 Å². The van der Waals surface area contributed by atoms with E-state index in [1.807, 2.05) is 6.92 Å². The zero-order valence-corrected chi connectivity index (χ0v) is 10.9. The highest BCUT2D eigenvalue weighted by molar-refractivity contribution is 5.32. The quantitative estimate of drug-likeness (QED) is 0.706. The number of nitrogen functional groups attached to an aromatic ring is 1. The molecule has 4 heteroatoms.